The quantitative estimate of drug-likeness (QED) is 0.617. The van der Waals surface area contributed by atoms with Crippen molar-refractivity contribution in [2.45, 2.75) is 13.8 Å². The zero-order valence-electron chi connectivity index (χ0n) is 6.82. The van der Waals surface area contributed by atoms with Gasteiger partial charge in [0, 0.05) is 0 Å². The van der Waals surface area contributed by atoms with Crippen molar-refractivity contribution < 1.29 is 9.18 Å². The molecule has 0 spiro atoms. The Hall–Kier alpha value is -0.890. The standard InChI is InChI=1S/C9H8ClFO/c1-5-3-8(10)9(11)7(4-12)6(5)2/h3-4H,1-2H3. The third kappa shape index (κ3) is 1.34. The fraction of sp³-hybridized carbons (Fsp3) is 0.222. The van der Waals surface area contributed by atoms with E-state index in [1.165, 1.54) is 6.07 Å². The lowest BCUT2D eigenvalue weighted by Crippen LogP contribution is -1.96. The van der Waals surface area contributed by atoms with Gasteiger partial charge in [-0.1, -0.05) is 11.6 Å². The number of aldehydes is 1. The van der Waals surface area contributed by atoms with Gasteiger partial charge in [-0.05, 0) is 31.0 Å². The molecule has 0 saturated carbocycles. The molecule has 0 radical (unpaired) electrons. The number of benzene rings is 1. The molecule has 1 nitrogen and oxygen atoms in total. The van der Waals surface area contributed by atoms with Crippen LogP contribution in [0.5, 0.6) is 0 Å². The van der Waals surface area contributed by atoms with Gasteiger partial charge in [-0.25, -0.2) is 4.39 Å². The third-order valence-electron chi connectivity index (χ3n) is 1.90. The van der Waals surface area contributed by atoms with Crippen molar-refractivity contribution in [3.05, 3.63) is 33.6 Å². The highest BCUT2D eigenvalue weighted by Crippen LogP contribution is 2.23. The first-order valence-corrected chi connectivity index (χ1v) is 3.86. The molecule has 0 N–H and O–H groups in total. The van der Waals surface area contributed by atoms with E-state index in [9.17, 15) is 9.18 Å². The molecular formula is C9H8ClFO. The first-order chi connectivity index (χ1) is 5.57. The number of hydrogen-bond acceptors (Lipinski definition) is 1. The molecule has 64 valence electrons. The number of carbonyl (C=O) groups is 1. The van der Waals surface area contributed by atoms with Gasteiger partial charge in [0.15, 0.2) is 12.1 Å². The van der Waals surface area contributed by atoms with E-state index in [1.54, 1.807) is 13.8 Å². The van der Waals surface area contributed by atoms with Crippen molar-refractivity contribution in [3.63, 3.8) is 0 Å². The van der Waals surface area contributed by atoms with E-state index in [4.69, 9.17) is 11.6 Å². The van der Waals surface area contributed by atoms with Crippen LogP contribution in [-0.2, 0) is 0 Å². The van der Waals surface area contributed by atoms with E-state index in [2.05, 4.69) is 0 Å². The normalized spacial score (nSPS) is 10.0. The zero-order chi connectivity index (χ0) is 9.30. The van der Waals surface area contributed by atoms with Gasteiger partial charge in [-0.3, -0.25) is 4.79 Å². The summed E-state index contributed by atoms with van der Waals surface area (Å²) in [5, 5.41) is 0.000185. The van der Waals surface area contributed by atoms with E-state index in [1.807, 2.05) is 0 Å². The van der Waals surface area contributed by atoms with Crippen molar-refractivity contribution >= 4 is 17.9 Å². The van der Waals surface area contributed by atoms with Crippen LogP contribution >= 0.6 is 11.6 Å². The van der Waals surface area contributed by atoms with Crippen LogP contribution in [0.3, 0.4) is 0 Å². The first-order valence-electron chi connectivity index (χ1n) is 3.48. The Labute approximate surface area is 75.2 Å². The van der Waals surface area contributed by atoms with Crippen molar-refractivity contribution in [3.8, 4) is 0 Å². The average Bonchev–Trinajstić information content (AvgIpc) is 2.02. The Balaban J connectivity index is 3.52. The van der Waals surface area contributed by atoms with Gasteiger partial charge in [-0.2, -0.15) is 0 Å². The van der Waals surface area contributed by atoms with Gasteiger partial charge < -0.3 is 0 Å². The van der Waals surface area contributed by atoms with E-state index >= 15 is 0 Å². The highest BCUT2D eigenvalue weighted by Gasteiger charge is 2.10. The summed E-state index contributed by atoms with van der Waals surface area (Å²) in [5.41, 5.74) is 1.52. The smallest absolute Gasteiger partial charge is 0.153 e. The van der Waals surface area contributed by atoms with Gasteiger partial charge in [0.2, 0.25) is 0 Å². The average molecular weight is 187 g/mol. The molecule has 0 unspecified atom stereocenters. The van der Waals surface area contributed by atoms with Crippen LogP contribution in [0.1, 0.15) is 21.5 Å². The Morgan fingerprint density at radius 2 is 2.08 bits per heavy atom. The second-order valence-electron chi connectivity index (χ2n) is 2.65. The molecule has 1 aromatic carbocycles. The van der Waals surface area contributed by atoms with Gasteiger partial charge in [-0.15, -0.1) is 0 Å². The van der Waals surface area contributed by atoms with Crippen molar-refractivity contribution in [2.75, 3.05) is 0 Å². The number of rotatable bonds is 1. The maximum Gasteiger partial charge on any atom is 0.153 e. The Bertz CT molecular complexity index is 308. The van der Waals surface area contributed by atoms with Crippen molar-refractivity contribution in [1.29, 1.82) is 0 Å². The summed E-state index contributed by atoms with van der Waals surface area (Å²) < 4.78 is 13.1. The fourth-order valence-corrected chi connectivity index (χ4v) is 1.27. The molecule has 0 amide bonds. The lowest BCUT2D eigenvalue weighted by Gasteiger charge is -2.05. The highest BCUT2D eigenvalue weighted by molar-refractivity contribution is 6.31. The third-order valence-corrected chi connectivity index (χ3v) is 2.18. The minimum atomic E-state index is -0.630. The largest absolute Gasteiger partial charge is 0.298 e. The SMILES string of the molecule is Cc1cc(Cl)c(F)c(C=O)c1C. The van der Waals surface area contributed by atoms with Gasteiger partial charge >= 0.3 is 0 Å². The maximum atomic E-state index is 13.1. The number of hydrogen-bond donors (Lipinski definition) is 0. The molecule has 12 heavy (non-hydrogen) atoms. The lowest BCUT2D eigenvalue weighted by atomic mass is 10.0. The molecule has 3 heteroatoms. The maximum absolute atomic E-state index is 13.1. The molecule has 0 aliphatic rings. The lowest BCUT2D eigenvalue weighted by molar-refractivity contribution is 0.111. The Kier molecular flexibility index (Phi) is 2.48. The molecule has 0 saturated heterocycles. The minimum Gasteiger partial charge on any atom is -0.298 e. The second-order valence-corrected chi connectivity index (χ2v) is 3.05. The van der Waals surface area contributed by atoms with E-state index in [-0.39, 0.29) is 10.6 Å². The van der Waals surface area contributed by atoms with Crippen LogP contribution in [0.15, 0.2) is 6.07 Å². The molecule has 0 aromatic heterocycles. The van der Waals surface area contributed by atoms with Crippen LogP contribution in [0.25, 0.3) is 0 Å². The molecule has 1 rings (SSSR count). The summed E-state index contributed by atoms with van der Waals surface area (Å²) in [4.78, 5) is 10.5. The summed E-state index contributed by atoms with van der Waals surface area (Å²) in [6, 6.07) is 1.51. The van der Waals surface area contributed by atoms with Gasteiger partial charge in [0.25, 0.3) is 0 Å². The molecule has 0 aliphatic heterocycles. The molecule has 0 bridgehead atoms. The number of halogens is 2. The number of aryl methyl sites for hydroxylation is 1. The Morgan fingerprint density at radius 3 is 2.58 bits per heavy atom. The van der Waals surface area contributed by atoms with Crippen LogP contribution in [0.4, 0.5) is 4.39 Å². The monoisotopic (exact) mass is 186 g/mol. The minimum absolute atomic E-state index is 0.000185. The molecule has 1 aromatic rings. The van der Waals surface area contributed by atoms with Gasteiger partial charge in [0.1, 0.15) is 0 Å². The summed E-state index contributed by atoms with van der Waals surface area (Å²) in [5.74, 6) is -0.630. The summed E-state index contributed by atoms with van der Waals surface area (Å²) in [6.07, 6.45) is 0.490. The van der Waals surface area contributed by atoms with Gasteiger partial charge in [0.05, 0.1) is 10.6 Å². The molecule has 0 heterocycles. The van der Waals surface area contributed by atoms with Crippen LogP contribution in [0.2, 0.25) is 5.02 Å². The summed E-state index contributed by atoms with van der Waals surface area (Å²) >= 11 is 5.54. The predicted molar refractivity (Wildman–Crippen MR) is 46.3 cm³/mol. The molecule has 0 aliphatic carbocycles. The topological polar surface area (TPSA) is 17.1 Å². The fourth-order valence-electron chi connectivity index (χ4n) is 1.01. The first kappa shape index (κ1) is 9.20. The summed E-state index contributed by atoms with van der Waals surface area (Å²) in [6.45, 7) is 3.48. The number of carbonyl (C=O) groups excluding carboxylic acids is 1. The Morgan fingerprint density at radius 1 is 1.50 bits per heavy atom. The zero-order valence-corrected chi connectivity index (χ0v) is 7.57. The molecule has 0 fully saturated rings. The predicted octanol–water partition coefficient (Wildman–Crippen LogP) is 2.91. The summed E-state index contributed by atoms with van der Waals surface area (Å²) in [7, 11) is 0. The van der Waals surface area contributed by atoms with Crippen molar-refractivity contribution in [1.82, 2.24) is 0 Å². The second kappa shape index (κ2) is 3.23. The van der Waals surface area contributed by atoms with E-state index in [0.717, 1.165) is 5.56 Å². The van der Waals surface area contributed by atoms with Crippen LogP contribution in [-0.4, -0.2) is 6.29 Å². The molecule has 0 atom stereocenters. The van der Waals surface area contributed by atoms with Crippen molar-refractivity contribution in [2.24, 2.45) is 0 Å². The van der Waals surface area contributed by atoms with Crippen LogP contribution in [0, 0.1) is 19.7 Å². The van der Waals surface area contributed by atoms with E-state index in [0.29, 0.717) is 11.8 Å². The van der Waals surface area contributed by atoms with E-state index < -0.39 is 5.82 Å². The van der Waals surface area contributed by atoms with Crippen LogP contribution < -0.4 is 0 Å². The molecular weight excluding hydrogens is 179 g/mol. The highest BCUT2D eigenvalue weighted by atomic mass is 35.5.